The van der Waals surface area contributed by atoms with Crippen molar-refractivity contribution in [1.29, 1.82) is 0 Å². The molecule has 1 saturated heterocycles. The molecule has 6 heteroatoms. The van der Waals surface area contributed by atoms with Crippen molar-refractivity contribution in [2.24, 2.45) is 0 Å². The first-order chi connectivity index (χ1) is 12.8. The highest BCUT2D eigenvalue weighted by Crippen LogP contribution is 2.23. The Hall–Kier alpha value is -2.99. The van der Waals surface area contributed by atoms with Crippen molar-refractivity contribution in [2.45, 2.75) is 25.5 Å². The monoisotopic (exact) mass is 348 g/mol. The van der Waals surface area contributed by atoms with Crippen molar-refractivity contribution in [1.82, 2.24) is 20.1 Å². The molecule has 1 fully saturated rings. The predicted molar refractivity (Wildman–Crippen MR) is 97.6 cm³/mol. The Morgan fingerprint density at radius 3 is 2.73 bits per heavy atom. The van der Waals surface area contributed by atoms with Crippen molar-refractivity contribution in [3.63, 3.8) is 0 Å². The smallest absolute Gasteiger partial charge is 0.249 e. The molecule has 1 aromatic carbocycles. The van der Waals surface area contributed by atoms with E-state index in [9.17, 15) is 4.79 Å². The van der Waals surface area contributed by atoms with E-state index in [0.29, 0.717) is 13.2 Å². The van der Waals surface area contributed by atoms with Gasteiger partial charge in [-0.05, 0) is 37.1 Å². The lowest BCUT2D eigenvalue weighted by atomic mass is 10.1. The summed E-state index contributed by atoms with van der Waals surface area (Å²) in [6.45, 7) is 1.06. The molecule has 2 aromatic heterocycles. The molecule has 3 aromatic rings. The number of carbonyl (C=O) groups is 1. The maximum Gasteiger partial charge on any atom is 0.249 e. The topological polar surface area (TPSA) is 69.0 Å². The highest BCUT2D eigenvalue weighted by molar-refractivity contribution is 5.81. The van der Waals surface area contributed by atoms with E-state index in [0.717, 1.165) is 35.3 Å². The first-order valence-corrected chi connectivity index (χ1v) is 8.75. The Morgan fingerprint density at radius 1 is 1.19 bits per heavy atom. The molecular weight excluding hydrogens is 328 g/mol. The fraction of sp³-hybridized carbons (Fsp3) is 0.250. The zero-order valence-corrected chi connectivity index (χ0v) is 14.3. The first kappa shape index (κ1) is 16.5. The number of nitrogens with one attached hydrogen (secondary N) is 1. The lowest BCUT2D eigenvalue weighted by molar-refractivity contribution is -0.130. The van der Waals surface area contributed by atoms with Gasteiger partial charge in [0.15, 0.2) is 0 Å². The highest BCUT2D eigenvalue weighted by Gasteiger charge is 2.23. The molecule has 3 heterocycles. The van der Waals surface area contributed by atoms with Gasteiger partial charge in [0.25, 0.3) is 0 Å². The predicted octanol–water partition coefficient (Wildman–Crippen LogP) is 2.73. The van der Waals surface area contributed by atoms with Crippen LogP contribution in [0.25, 0.3) is 16.9 Å². The van der Waals surface area contributed by atoms with Gasteiger partial charge in [-0.1, -0.05) is 18.2 Å². The normalized spacial score (nSPS) is 16.5. The third-order valence-corrected chi connectivity index (χ3v) is 4.44. The molecule has 0 spiro atoms. The van der Waals surface area contributed by atoms with Crippen LogP contribution in [-0.2, 0) is 16.1 Å². The first-order valence-electron chi connectivity index (χ1n) is 8.75. The molecule has 1 N–H and O–H groups in total. The largest absolute Gasteiger partial charge is 0.368 e. The lowest BCUT2D eigenvalue weighted by Crippen LogP contribution is -2.33. The van der Waals surface area contributed by atoms with E-state index in [2.05, 4.69) is 10.3 Å². The molecule has 26 heavy (non-hydrogen) atoms. The number of para-hydroxylation sites is 1. The number of amides is 1. The van der Waals surface area contributed by atoms with Crippen molar-refractivity contribution in [3.05, 3.63) is 66.6 Å². The molecule has 1 atom stereocenters. The van der Waals surface area contributed by atoms with Gasteiger partial charge >= 0.3 is 0 Å². The Bertz CT molecular complexity index is 871. The number of hydrogen-bond donors (Lipinski definition) is 1. The molecule has 0 saturated carbocycles. The van der Waals surface area contributed by atoms with Crippen LogP contribution in [0.1, 0.15) is 18.4 Å². The van der Waals surface area contributed by atoms with Crippen LogP contribution in [0.3, 0.4) is 0 Å². The van der Waals surface area contributed by atoms with Crippen molar-refractivity contribution >= 4 is 5.91 Å². The summed E-state index contributed by atoms with van der Waals surface area (Å²) in [6, 6.07) is 13.8. The van der Waals surface area contributed by atoms with E-state index in [1.807, 2.05) is 53.3 Å². The van der Waals surface area contributed by atoms with Crippen molar-refractivity contribution in [3.8, 4) is 16.9 Å². The fourth-order valence-electron chi connectivity index (χ4n) is 3.09. The van der Waals surface area contributed by atoms with E-state index in [4.69, 9.17) is 9.84 Å². The third-order valence-electron chi connectivity index (χ3n) is 4.44. The average molecular weight is 348 g/mol. The lowest BCUT2D eigenvalue weighted by Gasteiger charge is -2.10. The molecule has 1 aliphatic heterocycles. The minimum atomic E-state index is -0.330. The number of aromatic nitrogens is 3. The molecule has 1 aliphatic rings. The van der Waals surface area contributed by atoms with Crippen molar-refractivity contribution < 1.29 is 9.53 Å². The molecule has 0 radical (unpaired) electrons. The summed E-state index contributed by atoms with van der Waals surface area (Å²) < 4.78 is 7.29. The quantitative estimate of drug-likeness (QED) is 0.770. The maximum absolute atomic E-state index is 12.3. The summed E-state index contributed by atoms with van der Waals surface area (Å²) in [7, 11) is 0. The van der Waals surface area contributed by atoms with E-state index in [1.54, 1.807) is 12.4 Å². The van der Waals surface area contributed by atoms with Gasteiger partial charge in [-0.25, -0.2) is 4.68 Å². The van der Waals surface area contributed by atoms with Crippen LogP contribution in [0.5, 0.6) is 0 Å². The Balaban J connectivity index is 1.61. The second kappa shape index (κ2) is 7.49. The van der Waals surface area contributed by atoms with Crippen LogP contribution < -0.4 is 5.32 Å². The zero-order valence-electron chi connectivity index (χ0n) is 14.3. The molecule has 4 rings (SSSR count). The van der Waals surface area contributed by atoms with Crippen LogP contribution in [0.15, 0.2) is 61.1 Å². The molecule has 132 valence electrons. The third kappa shape index (κ3) is 3.50. The van der Waals surface area contributed by atoms with Crippen LogP contribution in [0.4, 0.5) is 0 Å². The van der Waals surface area contributed by atoms with Gasteiger partial charge in [0, 0.05) is 42.9 Å². The fourth-order valence-corrected chi connectivity index (χ4v) is 3.09. The molecule has 6 nitrogen and oxygen atoms in total. The molecule has 1 amide bonds. The summed E-state index contributed by atoms with van der Waals surface area (Å²) >= 11 is 0. The number of benzene rings is 1. The summed E-state index contributed by atoms with van der Waals surface area (Å²) in [5, 5.41) is 7.72. The Labute approximate surface area is 151 Å². The summed E-state index contributed by atoms with van der Waals surface area (Å²) in [5.41, 5.74) is 3.73. The molecule has 1 unspecified atom stereocenters. The minimum absolute atomic E-state index is 0.0596. The van der Waals surface area contributed by atoms with Crippen molar-refractivity contribution in [2.75, 3.05) is 6.61 Å². The van der Waals surface area contributed by atoms with Gasteiger partial charge in [0.1, 0.15) is 6.10 Å². The molecule has 0 bridgehead atoms. The van der Waals surface area contributed by atoms with Gasteiger partial charge in [0.2, 0.25) is 5.91 Å². The number of pyridine rings is 1. The summed E-state index contributed by atoms with van der Waals surface area (Å²) in [5.74, 6) is -0.0596. The highest BCUT2D eigenvalue weighted by atomic mass is 16.5. The average Bonchev–Trinajstić information content (AvgIpc) is 3.38. The Morgan fingerprint density at radius 2 is 2.00 bits per heavy atom. The minimum Gasteiger partial charge on any atom is -0.368 e. The van der Waals surface area contributed by atoms with Crippen LogP contribution in [0.2, 0.25) is 0 Å². The van der Waals surface area contributed by atoms with E-state index in [-0.39, 0.29) is 12.0 Å². The second-order valence-corrected chi connectivity index (χ2v) is 6.24. The van der Waals surface area contributed by atoms with Gasteiger partial charge in [-0.2, -0.15) is 5.10 Å². The standard InChI is InChI=1S/C20H20N4O2/c25-20(18-7-4-12-26-18)22-13-16-14-24(17-5-2-1-3-6-17)23-19(16)15-8-10-21-11-9-15/h1-3,5-6,8-11,14,18H,4,7,12-13H2,(H,22,25). The van der Waals surface area contributed by atoms with Gasteiger partial charge in [-0.15, -0.1) is 0 Å². The van der Waals surface area contributed by atoms with E-state index < -0.39 is 0 Å². The number of rotatable bonds is 5. The van der Waals surface area contributed by atoms with Crippen LogP contribution >= 0.6 is 0 Å². The van der Waals surface area contributed by atoms with Crippen LogP contribution in [-0.4, -0.2) is 33.4 Å². The van der Waals surface area contributed by atoms with E-state index in [1.165, 1.54) is 0 Å². The Kier molecular flexibility index (Phi) is 4.75. The van der Waals surface area contributed by atoms with E-state index >= 15 is 0 Å². The van der Waals surface area contributed by atoms with Crippen LogP contribution in [0, 0.1) is 0 Å². The summed E-state index contributed by atoms with van der Waals surface area (Å²) in [4.78, 5) is 16.3. The van der Waals surface area contributed by atoms with Gasteiger partial charge in [0.05, 0.1) is 11.4 Å². The SMILES string of the molecule is O=C(NCc1cn(-c2ccccc2)nc1-c1ccncc1)C1CCCO1. The van der Waals surface area contributed by atoms with Gasteiger partial charge < -0.3 is 10.1 Å². The number of ether oxygens (including phenoxy) is 1. The molecular formula is C20H20N4O2. The number of carbonyl (C=O) groups excluding carboxylic acids is 1. The maximum atomic E-state index is 12.3. The zero-order chi connectivity index (χ0) is 17.8. The second-order valence-electron chi connectivity index (χ2n) is 6.24. The number of hydrogen-bond acceptors (Lipinski definition) is 4. The molecule has 0 aliphatic carbocycles. The number of nitrogens with zero attached hydrogens (tertiary/aromatic N) is 3. The summed E-state index contributed by atoms with van der Waals surface area (Å²) in [6.07, 6.45) is 6.83. The van der Waals surface area contributed by atoms with Gasteiger partial charge in [-0.3, -0.25) is 9.78 Å².